The highest BCUT2D eigenvalue weighted by molar-refractivity contribution is 7.16. The van der Waals surface area contributed by atoms with Crippen molar-refractivity contribution in [2.75, 3.05) is 19.5 Å². The number of nitrogens with one attached hydrogen (secondary N) is 1. The number of thiophene rings is 1. The molecule has 0 fully saturated rings. The van der Waals surface area contributed by atoms with Gasteiger partial charge in [0, 0.05) is 15.8 Å². The molecule has 176 valence electrons. The number of aromatic nitrogens is 1. The van der Waals surface area contributed by atoms with Crippen molar-refractivity contribution in [3.05, 3.63) is 70.1 Å². The minimum absolute atomic E-state index is 0.269. The summed E-state index contributed by atoms with van der Waals surface area (Å²) < 4.78 is 11.0. The van der Waals surface area contributed by atoms with Crippen LogP contribution in [0, 0.1) is 17.2 Å². The largest absolute Gasteiger partial charge is 0.497 e. The van der Waals surface area contributed by atoms with E-state index in [1.807, 2.05) is 42.5 Å². The highest BCUT2D eigenvalue weighted by Crippen LogP contribution is 2.40. The maximum atomic E-state index is 13.6. The summed E-state index contributed by atoms with van der Waals surface area (Å²) in [6, 6.07) is 17.1. The second kappa shape index (κ2) is 9.40. The fourth-order valence-electron chi connectivity index (χ4n) is 4.64. The maximum absolute atomic E-state index is 13.6. The third-order valence-electron chi connectivity index (χ3n) is 6.49. The van der Waals surface area contributed by atoms with Crippen LogP contribution in [0.25, 0.3) is 22.2 Å². The molecular weight excluding hydrogens is 458 g/mol. The van der Waals surface area contributed by atoms with Gasteiger partial charge in [-0.25, -0.2) is 4.98 Å². The van der Waals surface area contributed by atoms with Gasteiger partial charge in [0.1, 0.15) is 22.6 Å². The van der Waals surface area contributed by atoms with Crippen molar-refractivity contribution in [2.24, 2.45) is 5.92 Å². The number of ether oxygens (including phenoxy) is 2. The second-order valence-electron chi connectivity index (χ2n) is 8.76. The van der Waals surface area contributed by atoms with Crippen LogP contribution in [0.2, 0.25) is 0 Å². The third kappa shape index (κ3) is 4.22. The van der Waals surface area contributed by atoms with Crippen molar-refractivity contribution in [1.29, 1.82) is 5.26 Å². The quantitative estimate of drug-likeness (QED) is 0.364. The summed E-state index contributed by atoms with van der Waals surface area (Å²) in [5.41, 5.74) is 4.19. The van der Waals surface area contributed by atoms with Gasteiger partial charge < -0.3 is 14.8 Å². The fraction of sp³-hybridized carbons (Fsp3) is 0.250. The van der Waals surface area contributed by atoms with Gasteiger partial charge in [-0.1, -0.05) is 25.1 Å². The second-order valence-corrected chi connectivity index (χ2v) is 9.87. The molecule has 2 aromatic heterocycles. The van der Waals surface area contributed by atoms with E-state index in [4.69, 9.17) is 14.5 Å². The monoisotopic (exact) mass is 483 g/mol. The van der Waals surface area contributed by atoms with Crippen molar-refractivity contribution in [3.63, 3.8) is 0 Å². The molecule has 2 heterocycles. The van der Waals surface area contributed by atoms with Gasteiger partial charge in [-0.3, -0.25) is 4.79 Å². The Bertz CT molecular complexity index is 1490. The predicted molar refractivity (Wildman–Crippen MR) is 138 cm³/mol. The summed E-state index contributed by atoms with van der Waals surface area (Å²) in [6.07, 6.45) is 2.89. The smallest absolute Gasteiger partial charge is 0.257 e. The van der Waals surface area contributed by atoms with Crippen LogP contribution in [0.3, 0.4) is 0 Å². The Morgan fingerprint density at radius 2 is 2.00 bits per heavy atom. The van der Waals surface area contributed by atoms with E-state index in [1.165, 1.54) is 16.2 Å². The number of pyridine rings is 1. The summed E-state index contributed by atoms with van der Waals surface area (Å²) >= 11 is 1.52. The predicted octanol–water partition coefficient (Wildman–Crippen LogP) is 6.23. The molecule has 1 N–H and O–H groups in total. The molecule has 1 aliphatic carbocycles. The fourth-order valence-corrected chi connectivity index (χ4v) is 6.00. The number of fused-ring (bicyclic) bond motifs is 2. The van der Waals surface area contributed by atoms with Gasteiger partial charge in [0.15, 0.2) is 0 Å². The number of carbonyl (C=O) groups is 1. The zero-order valence-electron chi connectivity index (χ0n) is 19.8. The first-order valence-electron chi connectivity index (χ1n) is 11.5. The van der Waals surface area contributed by atoms with Gasteiger partial charge in [0.25, 0.3) is 5.91 Å². The topological polar surface area (TPSA) is 84.2 Å². The van der Waals surface area contributed by atoms with Gasteiger partial charge >= 0.3 is 0 Å². The molecule has 5 rings (SSSR count). The van der Waals surface area contributed by atoms with Crippen molar-refractivity contribution >= 4 is 33.1 Å². The average Bonchev–Trinajstić information content (AvgIpc) is 3.23. The molecule has 1 amide bonds. The molecule has 0 aliphatic heterocycles. The zero-order valence-corrected chi connectivity index (χ0v) is 20.7. The van der Waals surface area contributed by atoms with Crippen LogP contribution in [0.4, 0.5) is 5.00 Å². The highest BCUT2D eigenvalue weighted by atomic mass is 32.1. The van der Waals surface area contributed by atoms with Crippen LogP contribution in [-0.4, -0.2) is 25.1 Å². The van der Waals surface area contributed by atoms with Crippen molar-refractivity contribution in [3.8, 4) is 28.8 Å². The van der Waals surface area contributed by atoms with Crippen LogP contribution in [0.1, 0.15) is 39.7 Å². The Morgan fingerprint density at radius 1 is 1.17 bits per heavy atom. The SMILES string of the molecule is COc1ccc(OC)c(-c2cc(C(=O)Nc3sc4c(c3C#N)CC[C@H](C)C4)c3ccccc3n2)c1. The van der Waals surface area contributed by atoms with Crippen LogP contribution >= 0.6 is 11.3 Å². The number of nitrogens with zero attached hydrogens (tertiary/aromatic N) is 2. The van der Waals surface area contributed by atoms with E-state index in [2.05, 4.69) is 18.3 Å². The van der Waals surface area contributed by atoms with Crippen LogP contribution < -0.4 is 14.8 Å². The molecule has 1 aliphatic rings. The molecule has 2 aromatic carbocycles. The maximum Gasteiger partial charge on any atom is 0.257 e. The number of nitriles is 1. The molecule has 0 unspecified atom stereocenters. The number of benzene rings is 2. The lowest BCUT2D eigenvalue weighted by atomic mass is 9.88. The summed E-state index contributed by atoms with van der Waals surface area (Å²) in [4.78, 5) is 19.7. The number of rotatable bonds is 5. The average molecular weight is 484 g/mol. The summed E-state index contributed by atoms with van der Waals surface area (Å²) in [5.74, 6) is 1.61. The highest BCUT2D eigenvalue weighted by Gasteiger charge is 2.25. The summed E-state index contributed by atoms with van der Waals surface area (Å²) in [5, 5.41) is 14.3. The first-order chi connectivity index (χ1) is 17.0. The molecule has 0 spiro atoms. The number of anilines is 1. The van der Waals surface area contributed by atoms with E-state index in [0.717, 1.165) is 35.8 Å². The molecule has 0 radical (unpaired) electrons. The molecule has 1 atom stereocenters. The van der Waals surface area contributed by atoms with Crippen LogP contribution in [-0.2, 0) is 12.8 Å². The van der Waals surface area contributed by atoms with Gasteiger partial charge in [0.05, 0.1) is 36.6 Å². The molecule has 6 nitrogen and oxygen atoms in total. The normalized spacial score (nSPS) is 14.7. The Morgan fingerprint density at radius 3 is 2.77 bits per heavy atom. The molecule has 0 saturated heterocycles. The Balaban J connectivity index is 1.60. The van der Waals surface area contributed by atoms with Crippen molar-refractivity contribution in [2.45, 2.75) is 26.2 Å². The molecule has 0 saturated carbocycles. The number of amides is 1. The van der Waals surface area contributed by atoms with Crippen LogP contribution in [0.15, 0.2) is 48.5 Å². The van der Waals surface area contributed by atoms with Crippen LogP contribution in [0.5, 0.6) is 11.5 Å². The Kier molecular flexibility index (Phi) is 6.14. The number of methoxy groups -OCH3 is 2. The van der Waals surface area contributed by atoms with Crippen molar-refractivity contribution < 1.29 is 14.3 Å². The lowest BCUT2D eigenvalue weighted by Gasteiger charge is -2.17. The third-order valence-corrected chi connectivity index (χ3v) is 7.66. The van der Waals surface area contributed by atoms with Gasteiger partial charge in [-0.15, -0.1) is 11.3 Å². The van der Waals surface area contributed by atoms with E-state index >= 15 is 0 Å². The minimum Gasteiger partial charge on any atom is -0.497 e. The lowest BCUT2D eigenvalue weighted by Crippen LogP contribution is -2.13. The standard InChI is InChI=1S/C28H25N3O3S/c1-16-8-10-19-22(15-29)28(35-26(19)12-16)31-27(32)20-14-24(30-23-7-5-4-6-18(20)23)21-13-17(33-2)9-11-25(21)34-3/h4-7,9,11,13-14,16H,8,10,12H2,1-3H3,(H,31,32)/t16-/m0/s1. The number of carbonyl (C=O) groups excluding carboxylic acids is 1. The van der Waals surface area contributed by atoms with Gasteiger partial charge in [0.2, 0.25) is 0 Å². The Labute approximate surface area is 208 Å². The molecule has 4 aromatic rings. The number of para-hydroxylation sites is 1. The first-order valence-corrected chi connectivity index (χ1v) is 12.3. The van der Waals surface area contributed by atoms with Gasteiger partial charge in [-0.05, 0) is 61.1 Å². The molecule has 7 heteroatoms. The summed E-state index contributed by atoms with van der Waals surface area (Å²) in [7, 11) is 3.20. The molecular formula is C28H25N3O3S. The molecule has 0 bridgehead atoms. The number of hydrogen-bond acceptors (Lipinski definition) is 6. The lowest BCUT2D eigenvalue weighted by molar-refractivity contribution is 0.102. The van der Waals surface area contributed by atoms with E-state index in [0.29, 0.717) is 44.8 Å². The van der Waals surface area contributed by atoms with E-state index in [9.17, 15) is 10.1 Å². The van der Waals surface area contributed by atoms with E-state index in [-0.39, 0.29) is 5.91 Å². The Hall–Kier alpha value is -3.89. The summed E-state index contributed by atoms with van der Waals surface area (Å²) in [6.45, 7) is 2.23. The van der Waals surface area contributed by atoms with Gasteiger partial charge in [-0.2, -0.15) is 5.26 Å². The first kappa shape index (κ1) is 22.9. The van der Waals surface area contributed by atoms with E-state index in [1.54, 1.807) is 20.3 Å². The zero-order chi connectivity index (χ0) is 24.5. The molecule has 35 heavy (non-hydrogen) atoms. The number of hydrogen-bond donors (Lipinski definition) is 1. The van der Waals surface area contributed by atoms with E-state index < -0.39 is 0 Å². The van der Waals surface area contributed by atoms with Crippen molar-refractivity contribution in [1.82, 2.24) is 4.98 Å². The minimum atomic E-state index is -0.269.